The number of rotatable bonds is 3. The predicted octanol–water partition coefficient (Wildman–Crippen LogP) is -0.0774. The standard InChI is InChI=1S/C11H14N4O2S/c12-5-9-3-4-15(8-9)18(16,17)11-2-1-10(6-13)14-7-11/h1-2,7,9H,3-5,8,12H2. The van der Waals surface area contributed by atoms with Crippen LogP contribution in [0.2, 0.25) is 0 Å². The molecule has 2 rings (SSSR count). The van der Waals surface area contributed by atoms with E-state index in [1.54, 1.807) is 0 Å². The second-order valence-corrected chi connectivity index (χ2v) is 6.18. The zero-order chi connectivity index (χ0) is 13.2. The second kappa shape index (κ2) is 5.02. The van der Waals surface area contributed by atoms with Gasteiger partial charge in [0.15, 0.2) is 0 Å². The Hall–Kier alpha value is -1.49. The first kappa shape index (κ1) is 13.0. The maximum absolute atomic E-state index is 12.3. The highest BCUT2D eigenvalue weighted by atomic mass is 32.2. The van der Waals surface area contributed by atoms with Gasteiger partial charge in [0.25, 0.3) is 0 Å². The summed E-state index contributed by atoms with van der Waals surface area (Å²) in [6.45, 7) is 1.45. The lowest BCUT2D eigenvalue weighted by Gasteiger charge is -2.15. The van der Waals surface area contributed by atoms with Crippen LogP contribution >= 0.6 is 0 Å². The van der Waals surface area contributed by atoms with E-state index in [-0.39, 0.29) is 16.5 Å². The molecule has 2 N–H and O–H groups in total. The SMILES string of the molecule is N#Cc1ccc(S(=O)(=O)N2CCC(CN)C2)cn1. The molecule has 0 amide bonds. The van der Waals surface area contributed by atoms with Crippen molar-refractivity contribution in [3.63, 3.8) is 0 Å². The summed E-state index contributed by atoms with van der Waals surface area (Å²) >= 11 is 0. The van der Waals surface area contributed by atoms with Gasteiger partial charge >= 0.3 is 0 Å². The van der Waals surface area contributed by atoms with E-state index in [1.165, 1.54) is 22.6 Å². The van der Waals surface area contributed by atoms with E-state index in [9.17, 15) is 8.42 Å². The Morgan fingerprint density at radius 2 is 2.33 bits per heavy atom. The first-order chi connectivity index (χ1) is 8.57. The van der Waals surface area contributed by atoms with Crippen LogP contribution < -0.4 is 5.73 Å². The van der Waals surface area contributed by atoms with Gasteiger partial charge in [0.2, 0.25) is 10.0 Å². The van der Waals surface area contributed by atoms with Crippen LogP contribution in [-0.2, 0) is 10.0 Å². The molecule has 1 atom stereocenters. The highest BCUT2D eigenvalue weighted by molar-refractivity contribution is 7.89. The Labute approximate surface area is 106 Å². The molecular formula is C11H14N4O2S. The summed E-state index contributed by atoms with van der Waals surface area (Å²) in [6, 6.07) is 4.67. The summed E-state index contributed by atoms with van der Waals surface area (Å²) in [5.74, 6) is 0.228. The number of aromatic nitrogens is 1. The fourth-order valence-corrected chi connectivity index (χ4v) is 3.43. The first-order valence-electron chi connectivity index (χ1n) is 5.64. The van der Waals surface area contributed by atoms with Gasteiger partial charge in [-0.1, -0.05) is 0 Å². The van der Waals surface area contributed by atoms with Crippen molar-refractivity contribution in [2.75, 3.05) is 19.6 Å². The molecule has 2 heterocycles. The van der Waals surface area contributed by atoms with E-state index in [2.05, 4.69) is 4.98 Å². The smallest absolute Gasteiger partial charge is 0.244 e. The van der Waals surface area contributed by atoms with E-state index in [1.807, 2.05) is 6.07 Å². The molecule has 0 radical (unpaired) electrons. The molecule has 0 aromatic carbocycles. The van der Waals surface area contributed by atoms with E-state index >= 15 is 0 Å². The average Bonchev–Trinajstić information content (AvgIpc) is 2.88. The summed E-state index contributed by atoms with van der Waals surface area (Å²) in [7, 11) is -3.50. The lowest BCUT2D eigenvalue weighted by Crippen LogP contribution is -2.30. The van der Waals surface area contributed by atoms with Crippen molar-refractivity contribution in [3.8, 4) is 6.07 Å². The van der Waals surface area contributed by atoms with E-state index in [0.29, 0.717) is 19.6 Å². The van der Waals surface area contributed by atoms with Gasteiger partial charge in [-0.2, -0.15) is 9.57 Å². The molecule has 1 fully saturated rings. The summed E-state index contributed by atoms with van der Waals surface area (Å²) in [4.78, 5) is 3.91. The van der Waals surface area contributed by atoms with Gasteiger partial charge < -0.3 is 5.73 Å². The van der Waals surface area contributed by atoms with Gasteiger partial charge in [-0.05, 0) is 31.0 Å². The largest absolute Gasteiger partial charge is 0.330 e. The molecule has 1 aromatic heterocycles. The molecule has 0 spiro atoms. The third kappa shape index (κ3) is 2.36. The molecular weight excluding hydrogens is 252 g/mol. The molecule has 0 bridgehead atoms. The Morgan fingerprint density at radius 3 is 2.83 bits per heavy atom. The molecule has 0 saturated carbocycles. The third-order valence-electron chi connectivity index (χ3n) is 3.07. The Morgan fingerprint density at radius 1 is 1.56 bits per heavy atom. The molecule has 1 aliphatic rings. The van der Waals surface area contributed by atoms with E-state index < -0.39 is 10.0 Å². The van der Waals surface area contributed by atoms with Gasteiger partial charge in [0.1, 0.15) is 16.7 Å². The molecule has 6 nitrogen and oxygen atoms in total. The minimum atomic E-state index is -3.50. The van der Waals surface area contributed by atoms with Gasteiger partial charge in [0.05, 0.1) is 0 Å². The molecule has 0 aliphatic carbocycles. The van der Waals surface area contributed by atoms with Gasteiger partial charge in [-0.25, -0.2) is 13.4 Å². The van der Waals surface area contributed by atoms with Gasteiger partial charge in [-0.15, -0.1) is 0 Å². The van der Waals surface area contributed by atoms with Gasteiger partial charge in [-0.3, -0.25) is 0 Å². The molecule has 1 aromatic rings. The normalized spacial score (nSPS) is 20.8. The highest BCUT2D eigenvalue weighted by Gasteiger charge is 2.31. The van der Waals surface area contributed by atoms with Crippen LogP contribution in [0, 0.1) is 17.2 Å². The number of hydrogen-bond donors (Lipinski definition) is 1. The lowest BCUT2D eigenvalue weighted by atomic mass is 10.1. The van der Waals surface area contributed by atoms with Gasteiger partial charge in [0, 0.05) is 19.3 Å². The van der Waals surface area contributed by atoms with Crippen molar-refractivity contribution in [1.29, 1.82) is 5.26 Å². The zero-order valence-electron chi connectivity index (χ0n) is 9.78. The van der Waals surface area contributed by atoms with Crippen molar-refractivity contribution in [3.05, 3.63) is 24.0 Å². The molecule has 7 heteroatoms. The number of nitriles is 1. The Bertz CT molecular complexity index is 562. The Balaban J connectivity index is 2.23. The van der Waals surface area contributed by atoms with E-state index in [0.717, 1.165) is 6.42 Å². The molecule has 1 aliphatic heterocycles. The van der Waals surface area contributed by atoms with Crippen molar-refractivity contribution in [2.45, 2.75) is 11.3 Å². The summed E-state index contributed by atoms with van der Waals surface area (Å²) in [5, 5.41) is 8.62. The van der Waals surface area contributed by atoms with Crippen molar-refractivity contribution >= 4 is 10.0 Å². The summed E-state index contributed by atoms with van der Waals surface area (Å²) < 4.78 is 25.9. The van der Waals surface area contributed by atoms with Crippen molar-refractivity contribution in [2.24, 2.45) is 11.7 Å². The van der Waals surface area contributed by atoms with Crippen LogP contribution in [0.3, 0.4) is 0 Å². The zero-order valence-corrected chi connectivity index (χ0v) is 10.6. The van der Waals surface area contributed by atoms with Crippen LogP contribution in [0.4, 0.5) is 0 Å². The number of nitrogens with two attached hydrogens (primary N) is 1. The van der Waals surface area contributed by atoms with E-state index in [4.69, 9.17) is 11.0 Å². The Kier molecular flexibility index (Phi) is 3.61. The fourth-order valence-electron chi connectivity index (χ4n) is 1.96. The summed E-state index contributed by atoms with van der Waals surface area (Å²) in [6.07, 6.45) is 2.02. The fraction of sp³-hybridized carbons (Fsp3) is 0.455. The maximum Gasteiger partial charge on any atom is 0.244 e. The van der Waals surface area contributed by atoms with Crippen LogP contribution in [0.25, 0.3) is 0 Å². The minimum Gasteiger partial charge on any atom is -0.330 e. The molecule has 96 valence electrons. The maximum atomic E-state index is 12.3. The van der Waals surface area contributed by atoms with Crippen molar-refractivity contribution < 1.29 is 8.42 Å². The topological polar surface area (TPSA) is 100 Å². The van der Waals surface area contributed by atoms with Crippen LogP contribution in [-0.4, -0.2) is 37.3 Å². The second-order valence-electron chi connectivity index (χ2n) is 4.24. The van der Waals surface area contributed by atoms with Crippen LogP contribution in [0.5, 0.6) is 0 Å². The quantitative estimate of drug-likeness (QED) is 0.825. The van der Waals surface area contributed by atoms with Crippen LogP contribution in [0.15, 0.2) is 23.2 Å². The number of pyridine rings is 1. The monoisotopic (exact) mass is 266 g/mol. The average molecular weight is 266 g/mol. The van der Waals surface area contributed by atoms with Crippen LogP contribution in [0.1, 0.15) is 12.1 Å². The lowest BCUT2D eigenvalue weighted by molar-refractivity contribution is 0.459. The van der Waals surface area contributed by atoms with Crippen molar-refractivity contribution in [1.82, 2.24) is 9.29 Å². The summed E-state index contributed by atoms with van der Waals surface area (Å²) in [5.41, 5.74) is 5.75. The number of hydrogen-bond acceptors (Lipinski definition) is 5. The highest BCUT2D eigenvalue weighted by Crippen LogP contribution is 2.23. The predicted molar refractivity (Wildman–Crippen MR) is 64.9 cm³/mol. The molecule has 18 heavy (non-hydrogen) atoms. The molecule has 1 saturated heterocycles. The minimum absolute atomic E-state index is 0.124. The molecule has 1 unspecified atom stereocenters. The number of nitrogens with zero attached hydrogens (tertiary/aromatic N) is 3. The number of sulfonamides is 1. The third-order valence-corrected chi connectivity index (χ3v) is 4.92. The first-order valence-corrected chi connectivity index (χ1v) is 7.08.